The van der Waals surface area contributed by atoms with E-state index in [4.69, 9.17) is 4.52 Å². The van der Waals surface area contributed by atoms with E-state index in [2.05, 4.69) is 20.0 Å². The van der Waals surface area contributed by atoms with Crippen LogP contribution in [0.15, 0.2) is 22.9 Å². The van der Waals surface area contributed by atoms with E-state index in [9.17, 15) is 8.42 Å². The fourth-order valence-electron chi connectivity index (χ4n) is 2.60. The molecule has 0 unspecified atom stereocenters. The van der Waals surface area contributed by atoms with Crippen LogP contribution in [-0.2, 0) is 16.6 Å². The molecular weight excluding hydrogens is 344 g/mol. The smallest absolute Gasteiger partial charge is 0.281 e. The molecule has 0 radical (unpaired) electrons. The fraction of sp³-hybridized carbons (Fsp3) is 0.533. The van der Waals surface area contributed by atoms with Crippen LogP contribution < -0.4 is 4.90 Å². The molecule has 3 heterocycles. The monoisotopic (exact) mass is 366 g/mol. The van der Waals surface area contributed by atoms with Crippen LogP contribution in [0, 0.1) is 0 Å². The molecule has 9 nitrogen and oxygen atoms in total. The number of piperazine rings is 1. The molecule has 0 bridgehead atoms. The van der Waals surface area contributed by atoms with Crippen LogP contribution in [0.3, 0.4) is 0 Å². The van der Waals surface area contributed by atoms with Crippen LogP contribution in [-0.4, -0.2) is 72.4 Å². The van der Waals surface area contributed by atoms with E-state index < -0.39 is 10.2 Å². The molecule has 136 valence electrons. The summed E-state index contributed by atoms with van der Waals surface area (Å²) in [4.78, 5) is 10.8. The highest BCUT2D eigenvalue weighted by atomic mass is 32.2. The van der Waals surface area contributed by atoms with Crippen molar-refractivity contribution in [3.8, 4) is 11.4 Å². The lowest BCUT2D eigenvalue weighted by molar-refractivity contribution is 0.355. The molecule has 0 N–H and O–H groups in total. The maximum atomic E-state index is 12.2. The van der Waals surface area contributed by atoms with Gasteiger partial charge in [-0.2, -0.15) is 22.0 Å². The summed E-state index contributed by atoms with van der Waals surface area (Å²) in [6, 6.07) is 3.79. The molecular formula is C15H22N6O3S. The predicted octanol–water partition coefficient (Wildman–Crippen LogP) is 0.622. The van der Waals surface area contributed by atoms with E-state index in [0.717, 1.165) is 11.4 Å². The second-order valence-electron chi connectivity index (χ2n) is 5.95. The van der Waals surface area contributed by atoms with Gasteiger partial charge < -0.3 is 9.42 Å². The van der Waals surface area contributed by atoms with Crippen molar-refractivity contribution in [1.82, 2.24) is 23.7 Å². The second kappa shape index (κ2) is 7.06. The third-order valence-corrected chi connectivity index (χ3v) is 6.07. The van der Waals surface area contributed by atoms with Gasteiger partial charge in [-0.3, -0.25) is 0 Å². The minimum Gasteiger partial charge on any atom is -0.354 e. The van der Waals surface area contributed by atoms with E-state index in [1.165, 1.54) is 8.61 Å². The van der Waals surface area contributed by atoms with Gasteiger partial charge in [0.2, 0.25) is 11.7 Å². The topological polar surface area (TPSA) is 95.7 Å². The van der Waals surface area contributed by atoms with Gasteiger partial charge in [-0.05, 0) is 12.1 Å². The molecule has 1 aliphatic rings. The minimum atomic E-state index is -3.36. The zero-order valence-corrected chi connectivity index (χ0v) is 15.4. The quantitative estimate of drug-likeness (QED) is 0.765. The molecule has 2 aromatic rings. The van der Waals surface area contributed by atoms with Crippen molar-refractivity contribution in [3.05, 3.63) is 24.2 Å². The molecule has 3 rings (SSSR count). The summed E-state index contributed by atoms with van der Waals surface area (Å²) in [5, 5.41) is 3.94. The van der Waals surface area contributed by atoms with E-state index in [0.29, 0.717) is 44.3 Å². The number of pyridine rings is 1. The summed E-state index contributed by atoms with van der Waals surface area (Å²) in [5.74, 6) is 1.93. The summed E-state index contributed by atoms with van der Waals surface area (Å²) in [5.41, 5.74) is 0.793. The second-order valence-corrected chi connectivity index (χ2v) is 8.09. The SMILES string of the molecule is CCc1nc(-c2ccc(N3CCN(S(=O)(=O)N(C)C)CC3)nc2)no1. The Morgan fingerprint density at radius 2 is 1.92 bits per heavy atom. The zero-order chi connectivity index (χ0) is 18.0. The molecule has 25 heavy (non-hydrogen) atoms. The number of hydrogen-bond acceptors (Lipinski definition) is 7. The molecule has 2 aromatic heterocycles. The molecule has 0 aromatic carbocycles. The summed E-state index contributed by atoms with van der Waals surface area (Å²) in [7, 11) is -0.265. The summed E-state index contributed by atoms with van der Waals surface area (Å²) in [6.45, 7) is 4.03. The molecule has 1 saturated heterocycles. The fourth-order valence-corrected chi connectivity index (χ4v) is 3.69. The van der Waals surface area contributed by atoms with Crippen molar-refractivity contribution < 1.29 is 12.9 Å². The van der Waals surface area contributed by atoms with Crippen molar-refractivity contribution in [1.29, 1.82) is 0 Å². The van der Waals surface area contributed by atoms with Crippen LogP contribution in [0.4, 0.5) is 5.82 Å². The third-order valence-electron chi connectivity index (χ3n) is 4.13. The van der Waals surface area contributed by atoms with Gasteiger partial charge in [-0.1, -0.05) is 12.1 Å². The number of nitrogens with zero attached hydrogens (tertiary/aromatic N) is 6. The number of aromatic nitrogens is 3. The van der Waals surface area contributed by atoms with Gasteiger partial charge in [0.05, 0.1) is 0 Å². The van der Waals surface area contributed by atoms with Gasteiger partial charge in [-0.25, -0.2) is 4.98 Å². The third kappa shape index (κ3) is 3.65. The first-order chi connectivity index (χ1) is 11.9. The largest absolute Gasteiger partial charge is 0.354 e. The van der Waals surface area contributed by atoms with E-state index >= 15 is 0 Å². The average molecular weight is 366 g/mol. The van der Waals surface area contributed by atoms with E-state index in [1.807, 2.05) is 19.1 Å². The lowest BCUT2D eigenvalue weighted by Gasteiger charge is -2.35. The summed E-state index contributed by atoms with van der Waals surface area (Å²) in [6.07, 6.45) is 2.40. The van der Waals surface area contributed by atoms with Crippen molar-refractivity contribution in [2.75, 3.05) is 45.2 Å². The molecule has 10 heteroatoms. The highest BCUT2D eigenvalue weighted by molar-refractivity contribution is 7.86. The Labute approximate surface area is 147 Å². The zero-order valence-electron chi connectivity index (χ0n) is 14.6. The van der Waals surface area contributed by atoms with Gasteiger partial charge in [0.1, 0.15) is 5.82 Å². The Hall–Kier alpha value is -2.04. The van der Waals surface area contributed by atoms with Gasteiger partial charge in [0, 0.05) is 58.5 Å². The van der Waals surface area contributed by atoms with Crippen molar-refractivity contribution in [3.63, 3.8) is 0 Å². The van der Waals surface area contributed by atoms with Crippen LogP contribution in [0.1, 0.15) is 12.8 Å². The van der Waals surface area contributed by atoms with Crippen molar-refractivity contribution in [2.24, 2.45) is 0 Å². The molecule has 0 saturated carbocycles. The summed E-state index contributed by atoms with van der Waals surface area (Å²) >= 11 is 0. The van der Waals surface area contributed by atoms with Gasteiger partial charge in [-0.15, -0.1) is 0 Å². The Balaban J connectivity index is 1.66. The van der Waals surface area contributed by atoms with E-state index in [1.54, 1.807) is 20.3 Å². The number of hydrogen-bond donors (Lipinski definition) is 0. The molecule has 0 spiro atoms. The minimum absolute atomic E-state index is 0.439. The average Bonchev–Trinajstić information content (AvgIpc) is 3.11. The Morgan fingerprint density at radius 1 is 1.20 bits per heavy atom. The number of rotatable bonds is 5. The van der Waals surface area contributed by atoms with Crippen LogP contribution in [0.5, 0.6) is 0 Å². The standard InChI is InChI=1S/C15H22N6O3S/c1-4-14-17-15(18-24-14)12-5-6-13(16-11-12)20-7-9-21(10-8-20)25(22,23)19(2)3/h5-6,11H,4,7-10H2,1-3H3. The van der Waals surface area contributed by atoms with Crippen molar-refractivity contribution >= 4 is 16.0 Å². The van der Waals surface area contributed by atoms with Crippen LogP contribution >= 0.6 is 0 Å². The molecule has 0 atom stereocenters. The van der Waals surface area contributed by atoms with Gasteiger partial charge in [0.15, 0.2) is 0 Å². The summed E-state index contributed by atoms with van der Waals surface area (Å²) < 4.78 is 32.1. The lowest BCUT2D eigenvalue weighted by atomic mass is 10.2. The molecule has 1 aliphatic heterocycles. The first-order valence-electron chi connectivity index (χ1n) is 8.13. The first-order valence-corrected chi connectivity index (χ1v) is 9.53. The Kier molecular flexibility index (Phi) is 5.02. The lowest BCUT2D eigenvalue weighted by Crippen LogP contribution is -2.51. The van der Waals surface area contributed by atoms with Crippen LogP contribution in [0.2, 0.25) is 0 Å². The normalized spacial score (nSPS) is 16.6. The van der Waals surface area contributed by atoms with Gasteiger partial charge >= 0.3 is 0 Å². The highest BCUT2D eigenvalue weighted by Gasteiger charge is 2.28. The molecule has 0 amide bonds. The predicted molar refractivity (Wildman–Crippen MR) is 93.3 cm³/mol. The molecule has 0 aliphatic carbocycles. The maximum absolute atomic E-state index is 12.2. The Bertz CT molecular complexity index is 810. The first kappa shape index (κ1) is 17.8. The van der Waals surface area contributed by atoms with E-state index in [-0.39, 0.29) is 0 Å². The highest BCUT2D eigenvalue weighted by Crippen LogP contribution is 2.20. The van der Waals surface area contributed by atoms with Crippen LogP contribution in [0.25, 0.3) is 11.4 Å². The number of anilines is 1. The Morgan fingerprint density at radius 3 is 2.44 bits per heavy atom. The van der Waals surface area contributed by atoms with Gasteiger partial charge in [0.25, 0.3) is 10.2 Å². The number of aryl methyl sites for hydroxylation is 1. The maximum Gasteiger partial charge on any atom is 0.281 e. The van der Waals surface area contributed by atoms with Crippen molar-refractivity contribution in [2.45, 2.75) is 13.3 Å². The molecule has 1 fully saturated rings.